The second-order valence-electron chi connectivity index (χ2n) is 5.00. The lowest BCUT2D eigenvalue weighted by atomic mass is 9.85. The molecule has 1 N–H and O–H groups in total. The highest BCUT2D eigenvalue weighted by Crippen LogP contribution is 2.27. The fourth-order valence-corrected chi connectivity index (χ4v) is 2.71. The lowest BCUT2D eigenvalue weighted by molar-refractivity contribution is 0.117. The molecule has 1 saturated carbocycles. The minimum atomic E-state index is 0.576. The van der Waals surface area contributed by atoms with E-state index in [-0.39, 0.29) is 0 Å². The van der Waals surface area contributed by atoms with Crippen LogP contribution in [0.4, 0.5) is 0 Å². The van der Waals surface area contributed by atoms with Crippen LogP contribution < -0.4 is 5.32 Å². The Morgan fingerprint density at radius 1 is 1.19 bits per heavy atom. The molecule has 1 atom stereocenters. The van der Waals surface area contributed by atoms with Gasteiger partial charge in [0.25, 0.3) is 0 Å². The predicted molar refractivity (Wildman–Crippen MR) is 69.8 cm³/mol. The van der Waals surface area contributed by atoms with Crippen LogP contribution in [0.2, 0.25) is 0 Å². The molecule has 0 spiro atoms. The number of hydrogen-bond acceptors (Lipinski definition) is 2. The van der Waals surface area contributed by atoms with E-state index in [0.29, 0.717) is 6.04 Å². The van der Waals surface area contributed by atoms with Crippen molar-refractivity contribution in [3.05, 3.63) is 0 Å². The van der Waals surface area contributed by atoms with Crippen molar-refractivity contribution in [2.24, 2.45) is 5.92 Å². The Labute approximate surface area is 101 Å². The fourth-order valence-electron chi connectivity index (χ4n) is 2.71. The zero-order chi connectivity index (χ0) is 11.6. The molecular formula is C14H29NO. The van der Waals surface area contributed by atoms with Gasteiger partial charge in [0.2, 0.25) is 0 Å². The molecule has 1 rings (SSSR count). The third-order valence-electron chi connectivity index (χ3n) is 3.66. The summed E-state index contributed by atoms with van der Waals surface area (Å²) in [5.41, 5.74) is 0. The van der Waals surface area contributed by atoms with Crippen molar-refractivity contribution >= 4 is 0 Å². The van der Waals surface area contributed by atoms with Crippen molar-refractivity contribution in [1.29, 1.82) is 0 Å². The standard InChI is InChI=1S/C14H29NO/c1-3-15-14(12-16-4-2)11-10-13-8-6-5-7-9-13/h13-15H,3-12H2,1-2H3. The summed E-state index contributed by atoms with van der Waals surface area (Å²) in [6.45, 7) is 7.04. The normalized spacial score (nSPS) is 19.9. The molecular weight excluding hydrogens is 198 g/mol. The molecule has 96 valence electrons. The molecule has 0 aromatic heterocycles. The van der Waals surface area contributed by atoms with Gasteiger partial charge in [0, 0.05) is 12.6 Å². The lowest BCUT2D eigenvalue weighted by Gasteiger charge is -2.24. The van der Waals surface area contributed by atoms with Crippen molar-refractivity contribution in [3.8, 4) is 0 Å². The topological polar surface area (TPSA) is 21.3 Å². The van der Waals surface area contributed by atoms with E-state index in [9.17, 15) is 0 Å². The Balaban J connectivity index is 2.14. The highest BCUT2D eigenvalue weighted by atomic mass is 16.5. The number of likely N-dealkylation sites (N-methyl/N-ethyl adjacent to an activating group) is 1. The summed E-state index contributed by atoms with van der Waals surface area (Å²) < 4.78 is 5.53. The van der Waals surface area contributed by atoms with Gasteiger partial charge in [-0.05, 0) is 32.2 Å². The molecule has 16 heavy (non-hydrogen) atoms. The predicted octanol–water partition coefficient (Wildman–Crippen LogP) is 3.36. The largest absolute Gasteiger partial charge is 0.380 e. The Morgan fingerprint density at radius 3 is 2.56 bits per heavy atom. The molecule has 0 aliphatic heterocycles. The molecule has 0 amide bonds. The zero-order valence-electron chi connectivity index (χ0n) is 11.1. The van der Waals surface area contributed by atoms with Crippen LogP contribution in [0.25, 0.3) is 0 Å². The Bertz CT molecular complexity index is 155. The first-order chi connectivity index (χ1) is 7.86. The molecule has 1 unspecified atom stereocenters. The average Bonchev–Trinajstić information content (AvgIpc) is 2.34. The first-order valence-electron chi connectivity index (χ1n) is 7.18. The molecule has 1 aliphatic rings. The van der Waals surface area contributed by atoms with Crippen LogP contribution in [0.5, 0.6) is 0 Å². The molecule has 0 heterocycles. The quantitative estimate of drug-likeness (QED) is 0.686. The van der Waals surface area contributed by atoms with Crippen LogP contribution in [-0.2, 0) is 4.74 Å². The second kappa shape index (κ2) is 9.00. The van der Waals surface area contributed by atoms with Crippen LogP contribution >= 0.6 is 0 Å². The van der Waals surface area contributed by atoms with Gasteiger partial charge < -0.3 is 10.1 Å². The minimum absolute atomic E-state index is 0.576. The van der Waals surface area contributed by atoms with Gasteiger partial charge in [0.1, 0.15) is 0 Å². The smallest absolute Gasteiger partial charge is 0.0619 e. The summed E-state index contributed by atoms with van der Waals surface area (Å²) in [5.74, 6) is 0.997. The summed E-state index contributed by atoms with van der Waals surface area (Å²) in [6, 6.07) is 0.576. The number of ether oxygens (including phenoxy) is 1. The average molecular weight is 227 g/mol. The Kier molecular flexibility index (Phi) is 7.87. The SMILES string of the molecule is CCNC(CCC1CCCCC1)COCC. The molecule has 2 nitrogen and oxygen atoms in total. The molecule has 0 saturated heterocycles. The number of hydrogen-bond donors (Lipinski definition) is 1. The number of rotatable bonds is 8. The van der Waals surface area contributed by atoms with Crippen LogP contribution in [0.15, 0.2) is 0 Å². The maximum Gasteiger partial charge on any atom is 0.0619 e. The van der Waals surface area contributed by atoms with Gasteiger partial charge in [0.15, 0.2) is 0 Å². The van der Waals surface area contributed by atoms with Crippen LogP contribution in [-0.4, -0.2) is 25.8 Å². The summed E-state index contributed by atoms with van der Waals surface area (Å²) in [4.78, 5) is 0. The van der Waals surface area contributed by atoms with E-state index < -0.39 is 0 Å². The van der Waals surface area contributed by atoms with Crippen molar-refractivity contribution < 1.29 is 4.74 Å². The molecule has 1 aliphatic carbocycles. The van der Waals surface area contributed by atoms with Crippen LogP contribution in [0.1, 0.15) is 58.8 Å². The van der Waals surface area contributed by atoms with E-state index in [0.717, 1.165) is 25.7 Å². The van der Waals surface area contributed by atoms with Crippen LogP contribution in [0, 0.1) is 5.92 Å². The van der Waals surface area contributed by atoms with Crippen molar-refractivity contribution in [1.82, 2.24) is 5.32 Å². The Hall–Kier alpha value is -0.0800. The van der Waals surface area contributed by atoms with E-state index in [1.165, 1.54) is 44.9 Å². The molecule has 0 radical (unpaired) electrons. The number of nitrogens with one attached hydrogen (secondary N) is 1. The van der Waals surface area contributed by atoms with Gasteiger partial charge in [-0.15, -0.1) is 0 Å². The van der Waals surface area contributed by atoms with Crippen molar-refractivity contribution in [2.45, 2.75) is 64.8 Å². The van der Waals surface area contributed by atoms with E-state index in [1.54, 1.807) is 0 Å². The highest BCUT2D eigenvalue weighted by Gasteiger charge is 2.15. The molecule has 0 aromatic carbocycles. The molecule has 1 fully saturated rings. The lowest BCUT2D eigenvalue weighted by Crippen LogP contribution is -2.34. The maximum absolute atomic E-state index is 5.53. The monoisotopic (exact) mass is 227 g/mol. The van der Waals surface area contributed by atoms with Crippen molar-refractivity contribution in [3.63, 3.8) is 0 Å². The summed E-state index contributed by atoms with van der Waals surface area (Å²) in [6.07, 6.45) is 10.0. The third-order valence-corrected chi connectivity index (χ3v) is 3.66. The first-order valence-corrected chi connectivity index (χ1v) is 7.18. The molecule has 2 heteroatoms. The zero-order valence-corrected chi connectivity index (χ0v) is 11.1. The molecule has 0 bridgehead atoms. The van der Waals surface area contributed by atoms with Gasteiger partial charge in [-0.3, -0.25) is 0 Å². The van der Waals surface area contributed by atoms with Gasteiger partial charge >= 0.3 is 0 Å². The third kappa shape index (κ3) is 5.86. The highest BCUT2D eigenvalue weighted by molar-refractivity contribution is 4.71. The minimum Gasteiger partial charge on any atom is -0.380 e. The summed E-state index contributed by atoms with van der Waals surface area (Å²) >= 11 is 0. The van der Waals surface area contributed by atoms with E-state index in [4.69, 9.17) is 4.74 Å². The summed E-state index contributed by atoms with van der Waals surface area (Å²) in [5, 5.41) is 3.53. The fraction of sp³-hybridized carbons (Fsp3) is 1.00. The maximum atomic E-state index is 5.53. The van der Waals surface area contributed by atoms with Crippen molar-refractivity contribution in [2.75, 3.05) is 19.8 Å². The van der Waals surface area contributed by atoms with E-state index >= 15 is 0 Å². The van der Waals surface area contributed by atoms with Gasteiger partial charge in [-0.2, -0.15) is 0 Å². The van der Waals surface area contributed by atoms with E-state index in [2.05, 4.69) is 19.2 Å². The van der Waals surface area contributed by atoms with Gasteiger partial charge in [0.05, 0.1) is 6.61 Å². The van der Waals surface area contributed by atoms with Gasteiger partial charge in [-0.1, -0.05) is 39.0 Å². The first kappa shape index (κ1) is 14.0. The molecule has 0 aromatic rings. The summed E-state index contributed by atoms with van der Waals surface area (Å²) in [7, 11) is 0. The van der Waals surface area contributed by atoms with Crippen LogP contribution in [0.3, 0.4) is 0 Å². The van der Waals surface area contributed by atoms with Gasteiger partial charge in [-0.25, -0.2) is 0 Å². The van der Waals surface area contributed by atoms with E-state index in [1.807, 2.05) is 0 Å². The Morgan fingerprint density at radius 2 is 1.94 bits per heavy atom. The second-order valence-corrected chi connectivity index (χ2v) is 5.00.